The lowest BCUT2D eigenvalue weighted by Crippen LogP contribution is -2.29. The van der Waals surface area contributed by atoms with E-state index in [0.29, 0.717) is 12.8 Å². The van der Waals surface area contributed by atoms with Crippen LogP contribution < -0.4 is 0 Å². The summed E-state index contributed by atoms with van der Waals surface area (Å²) in [6.45, 7) is 20.9. The van der Waals surface area contributed by atoms with Crippen molar-refractivity contribution in [3.63, 3.8) is 0 Å². The number of halogens is 5. The topological polar surface area (TPSA) is 0 Å². The molecule has 0 radical (unpaired) electrons. The predicted molar refractivity (Wildman–Crippen MR) is 157 cm³/mol. The van der Waals surface area contributed by atoms with Crippen molar-refractivity contribution in [1.29, 1.82) is 0 Å². The Morgan fingerprint density at radius 3 is 1.13 bits per heavy atom. The van der Waals surface area contributed by atoms with Crippen molar-refractivity contribution in [2.75, 3.05) is 0 Å². The standard InChI is InChI=1S/C8H16.C7H11F3.C7H14.C6H10F2.C6H12/c1-7(2)8-5-3-4-6-8;1-5(2)6(3-4-6)7(8,9)10;1-6(2)5-7-3-4-7;1-4(2)5-3-6(5,7)8;1-5(2)6-3-4-6/h7-8H,3-6H2,1-2H3;5H,3-4H2,1-2H3;6-7H,3-5H2,1-2H3;4-5H,3H2,1-2H3;5-6H,3-4H2,1-2H3. The first-order chi connectivity index (χ1) is 17.8. The Kier molecular flexibility index (Phi) is 14.8. The van der Waals surface area contributed by atoms with Crippen LogP contribution in [0.15, 0.2) is 0 Å². The molecular weight excluding hydrogens is 503 g/mol. The fourth-order valence-electron chi connectivity index (χ4n) is 5.69. The molecule has 5 aliphatic rings. The molecule has 0 aliphatic heterocycles. The molecule has 0 saturated heterocycles. The van der Waals surface area contributed by atoms with Gasteiger partial charge in [0.25, 0.3) is 5.92 Å². The third-order valence-electron chi connectivity index (χ3n) is 9.55. The zero-order chi connectivity index (χ0) is 30.2. The van der Waals surface area contributed by atoms with Crippen LogP contribution in [0.1, 0.15) is 146 Å². The Morgan fingerprint density at radius 2 is 1.05 bits per heavy atom. The van der Waals surface area contributed by atoms with Gasteiger partial charge in [0.15, 0.2) is 0 Å². The van der Waals surface area contributed by atoms with Crippen molar-refractivity contribution in [1.82, 2.24) is 0 Å². The highest BCUT2D eigenvalue weighted by molar-refractivity contribution is 5.01. The van der Waals surface area contributed by atoms with Crippen LogP contribution in [0.3, 0.4) is 0 Å². The molecular formula is C34H63F5. The molecule has 0 heterocycles. The maximum atomic E-state index is 12.1. The van der Waals surface area contributed by atoms with Crippen LogP contribution in [-0.2, 0) is 0 Å². The molecule has 0 amide bonds. The lowest BCUT2D eigenvalue weighted by molar-refractivity contribution is -0.199. The van der Waals surface area contributed by atoms with Crippen LogP contribution >= 0.6 is 0 Å². The summed E-state index contributed by atoms with van der Waals surface area (Å²) in [4.78, 5) is 0. The van der Waals surface area contributed by atoms with E-state index in [9.17, 15) is 22.0 Å². The molecule has 5 heteroatoms. The fraction of sp³-hybridized carbons (Fsp3) is 1.00. The molecule has 234 valence electrons. The van der Waals surface area contributed by atoms with Crippen LogP contribution in [0, 0.1) is 58.7 Å². The van der Waals surface area contributed by atoms with Crippen molar-refractivity contribution in [3.8, 4) is 0 Å². The second-order valence-electron chi connectivity index (χ2n) is 15.1. The maximum absolute atomic E-state index is 12.1. The minimum atomic E-state index is -3.97. The molecule has 5 saturated carbocycles. The van der Waals surface area contributed by atoms with E-state index >= 15 is 0 Å². The van der Waals surface area contributed by atoms with Gasteiger partial charge in [-0.3, -0.25) is 0 Å². The molecule has 1 atom stereocenters. The number of hydrogen-bond donors (Lipinski definition) is 0. The Labute approximate surface area is 239 Å². The van der Waals surface area contributed by atoms with Crippen LogP contribution in [0.4, 0.5) is 22.0 Å². The summed E-state index contributed by atoms with van der Waals surface area (Å²) >= 11 is 0. The van der Waals surface area contributed by atoms with Gasteiger partial charge in [0.1, 0.15) is 0 Å². The molecule has 5 rings (SSSR count). The molecule has 5 aliphatic carbocycles. The van der Waals surface area contributed by atoms with Crippen LogP contribution in [0.25, 0.3) is 0 Å². The molecule has 0 spiro atoms. The lowest BCUT2D eigenvalue weighted by atomic mass is 9.92. The van der Waals surface area contributed by atoms with E-state index in [-0.39, 0.29) is 24.2 Å². The van der Waals surface area contributed by atoms with Crippen molar-refractivity contribution in [3.05, 3.63) is 0 Å². The molecule has 39 heavy (non-hydrogen) atoms. The third kappa shape index (κ3) is 14.4. The van der Waals surface area contributed by atoms with Crippen LogP contribution in [0.2, 0.25) is 0 Å². The van der Waals surface area contributed by atoms with Gasteiger partial charge < -0.3 is 0 Å². The van der Waals surface area contributed by atoms with E-state index < -0.39 is 17.5 Å². The molecule has 0 aromatic heterocycles. The molecule has 0 bridgehead atoms. The van der Waals surface area contributed by atoms with Gasteiger partial charge in [0, 0.05) is 12.3 Å². The minimum Gasteiger partial charge on any atom is -0.207 e. The monoisotopic (exact) mass is 566 g/mol. The fourth-order valence-corrected chi connectivity index (χ4v) is 5.69. The number of rotatable bonds is 6. The molecule has 1 unspecified atom stereocenters. The van der Waals surface area contributed by atoms with Gasteiger partial charge in [-0.1, -0.05) is 108 Å². The first-order valence-electron chi connectivity index (χ1n) is 16.3. The lowest BCUT2D eigenvalue weighted by Gasteiger charge is -2.22. The quantitative estimate of drug-likeness (QED) is 0.281. The van der Waals surface area contributed by atoms with Crippen molar-refractivity contribution < 1.29 is 22.0 Å². The highest BCUT2D eigenvalue weighted by Crippen LogP contribution is 2.62. The Bertz CT molecular complexity index is 634. The Hall–Kier alpha value is -0.350. The van der Waals surface area contributed by atoms with E-state index in [4.69, 9.17) is 0 Å². The summed E-state index contributed by atoms with van der Waals surface area (Å²) < 4.78 is 60.5. The smallest absolute Gasteiger partial charge is 0.207 e. The average Bonchev–Trinajstić information content (AvgIpc) is 3.60. The Balaban J connectivity index is 0.000000246. The number of alkyl halides is 5. The summed E-state index contributed by atoms with van der Waals surface area (Å²) in [6, 6.07) is 0. The summed E-state index contributed by atoms with van der Waals surface area (Å²) in [7, 11) is 0. The van der Waals surface area contributed by atoms with Gasteiger partial charge in [-0.25, -0.2) is 8.78 Å². The van der Waals surface area contributed by atoms with E-state index in [0.717, 1.165) is 35.5 Å². The molecule has 0 nitrogen and oxygen atoms in total. The highest BCUT2D eigenvalue weighted by atomic mass is 19.4. The van der Waals surface area contributed by atoms with Gasteiger partial charge in [0.05, 0.1) is 5.41 Å². The van der Waals surface area contributed by atoms with E-state index in [1.54, 1.807) is 13.8 Å². The third-order valence-corrected chi connectivity index (χ3v) is 9.55. The van der Waals surface area contributed by atoms with Crippen LogP contribution in [-0.4, -0.2) is 12.1 Å². The molecule has 5 fully saturated rings. The summed E-state index contributed by atoms with van der Waals surface area (Å²) in [5.74, 6) is 3.41. The predicted octanol–water partition coefficient (Wildman–Crippen LogP) is 12.6. The van der Waals surface area contributed by atoms with Crippen LogP contribution in [0.5, 0.6) is 0 Å². The van der Waals surface area contributed by atoms with E-state index in [1.165, 1.54) is 57.8 Å². The first kappa shape index (κ1) is 36.7. The number of hydrogen-bond acceptors (Lipinski definition) is 0. The SMILES string of the molecule is CC(C)C1(C(F)(F)F)CC1.CC(C)C1CC1.CC(C)C1CC1(F)F.CC(C)C1CCCC1.CC(C)CC1CC1. The molecule has 0 aromatic rings. The summed E-state index contributed by atoms with van der Waals surface area (Å²) in [6.07, 6.45) is 10.3. The van der Waals surface area contributed by atoms with Gasteiger partial charge in [0.2, 0.25) is 0 Å². The van der Waals surface area contributed by atoms with Crippen molar-refractivity contribution >= 4 is 0 Å². The van der Waals surface area contributed by atoms with Gasteiger partial charge in [-0.15, -0.1) is 0 Å². The van der Waals surface area contributed by atoms with E-state index in [2.05, 4.69) is 41.5 Å². The van der Waals surface area contributed by atoms with Gasteiger partial charge >= 0.3 is 6.18 Å². The largest absolute Gasteiger partial charge is 0.394 e. The summed E-state index contributed by atoms with van der Waals surface area (Å²) in [5, 5.41) is 0. The summed E-state index contributed by atoms with van der Waals surface area (Å²) in [5.41, 5.74) is -1.31. The van der Waals surface area contributed by atoms with Crippen molar-refractivity contribution in [2.24, 2.45) is 58.7 Å². The average molecular weight is 567 g/mol. The first-order valence-corrected chi connectivity index (χ1v) is 16.3. The zero-order valence-corrected chi connectivity index (χ0v) is 27.1. The normalized spacial score (nSPS) is 24.8. The van der Waals surface area contributed by atoms with E-state index in [1.807, 2.05) is 13.8 Å². The second kappa shape index (κ2) is 15.8. The second-order valence-corrected chi connectivity index (χ2v) is 15.1. The van der Waals surface area contributed by atoms with Gasteiger partial charge in [-0.05, 0) is 79.4 Å². The minimum absolute atomic E-state index is 0.116. The highest BCUT2D eigenvalue weighted by Gasteiger charge is 2.64. The van der Waals surface area contributed by atoms with Gasteiger partial charge in [-0.2, -0.15) is 13.2 Å². The van der Waals surface area contributed by atoms with Crippen molar-refractivity contribution in [2.45, 2.75) is 158 Å². The maximum Gasteiger partial charge on any atom is 0.394 e. The Morgan fingerprint density at radius 1 is 0.641 bits per heavy atom. The molecule has 0 N–H and O–H groups in total. The molecule has 0 aromatic carbocycles. The zero-order valence-electron chi connectivity index (χ0n) is 27.1.